The second-order valence-electron chi connectivity index (χ2n) is 4.81. The Balaban J connectivity index is 2.33. The highest BCUT2D eigenvalue weighted by molar-refractivity contribution is 9.10. The number of benzene rings is 2. The minimum absolute atomic E-state index is 0.319. The molecule has 2 aromatic carbocycles. The summed E-state index contributed by atoms with van der Waals surface area (Å²) in [6.45, 7) is 1.77. The quantitative estimate of drug-likeness (QED) is 0.901. The zero-order chi connectivity index (χ0) is 14.0. The van der Waals surface area contributed by atoms with Crippen molar-refractivity contribution >= 4 is 15.9 Å². The minimum Gasteiger partial charge on any atom is -0.321 e. The maximum absolute atomic E-state index is 13.8. The number of rotatable bonds is 3. The van der Waals surface area contributed by atoms with E-state index >= 15 is 0 Å². The third kappa shape index (κ3) is 3.19. The largest absolute Gasteiger partial charge is 0.321 e. The van der Waals surface area contributed by atoms with Gasteiger partial charge in [-0.05, 0) is 37.1 Å². The molecule has 0 bridgehead atoms. The smallest absolute Gasteiger partial charge is 0.128 e. The topological polar surface area (TPSA) is 26.0 Å². The van der Waals surface area contributed by atoms with Crippen molar-refractivity contribution in [1.29, 1.82) is 0 Å². The molecule has 1 atom stereocenters. The standard InChI is InChI=1S/C15H14BrF2N/c1-15(19,12-4-2-3-5-14(12)18)9-10-6-7-11(17)8-13(10)16/h2-8H,9,19H2,1H3. The summed E-state index contributed by atoms with van der Waals surface area (Å²) in [7, 11) is 0. The van der Waals surface area contributed by atoms with Crippen molar-refractivity contribution in [3.8, 4) is 0 Å². The van der Waals surface area contributed by atoms with E-state index in [0.717, 1.165) is 5.56 Å². The fourth-order valence-corrected chi connectivity index (χ4v) is 2.57. The van der Waals surface area contributed by atoms with Gasteiger partial charge in [0, 0.05) is 15.6 Å². The molecular formula is C15H14BrF2N. The highest BCUT2D eigenvalue weighted by Crippen LogP contribution is 2.28. The molecule has 2 aromatic rings. The van der Waals surface area contributed by atoms with Crippen molar-refractivity contribution in [2.24, 2.45) is 5.73 Å². The molecule has 0 spiro atoms. The lowest BCUT2D eigenvalue weighted by molar-refractivity contribution is 0.456. The first-order valence-corrected chi connectivity index (χ1v) is 6.67. The van der Waals surface area contributed by atoms with Crippen LogP contribution in [0.1, 0.15) is 18.1 Å². The van der Waals surface area contributed by atoms with Crippen LogP contribution in [0.5, 0.6) is 0 Å². The van der Waals surface area contributed by atoms with E-state index in [9.17, 15) is 8.78 Å². The lowest BCUT2D eigenvalue weighted by Gasteiger charge is -2.26. The van der Waals surface area contributed by atoms with Gasteiger partial charge in [0.25, 0.3) is 0 Å². The summed E-state index contributed by atoms with van der Waals surface area (Å²) in [4.78, 5) is 0. The van der Waals surface area contributed by atoms with Crippen LogP contribution in [-0.2, 0) is 12.0 Å². The summed E-state index contributed by atoms with van der Waals surface area (Å²) in [6.07, 6.45) is 0.412. The molecule has 2 rings (SSSR count). The van der Waals surface area contributed by atoms with Crippen molar-refractivity contribution in [3.63, 3.8) is 0 Å². The van der Waals surface area contributed by atoms with Crippen molar-refractivity contribution in [2.75, 3.05) is 0 Å². The Morgan fingerprint density at radius 1 is 1.16 bits per heavy atom. The van der Waals surface area contributed by atoms with Crippen LogP contribution in [-0.4, -0.2) is 0 Å². The monoisotopic (exact) mass is 325 g/mol. The third-order valence-corrected chi connectivity index (χ3v) is 3.80. The molecule has 0 saturated heterocycles. The molecule has 4 heteroatoms. The third-order valence-electron chi connectivity index (χ3n) is 3.06. The molecule has 19 heavy (non-hydrogen) atoms. The fourth-order valence-electron chi connectivity index (χ4n) is 2.08. The number of nitrogens with two attached hydrogens (primary N) is 1. The van der Waals surface area contributed by atoms with Gasteiger partial charge in [-0.1, -0.05) is 40.2 Å². The molecule has 0 aliphatic rings. The molecule has 100 valence electrons. The van der Waals surface area contributed by atoms with Crippen LogP contribution in [0.25, 0.3) is 0 Å². The van der Waals surface area contributed by atoms with Crippen LogP contribution in [0.3, 0.4) is 0 Å². The molecule has 0 saturated carbocycles. The van der Waals surface area contributed by atoms with E-state index in [2.05, 4.69) is 15.9 Å². The van der Waals surface area contributed by atoms with Crippen molar-refractivity contribution in [2.45, 2.75) is 18.9 Å². The molecule has 0 fully saturated rings. The average molecular weight is 326 g/mol. The molecule has 0 radical (unpaired) electrons. The number of hydrogen-bond acceptors (Lipinski definition) is 1. The van der Waals surface area contributed by atoms with E-state index < -0.39 is 5.54 Å². The van der Waals surface area contributed by atoms with Gasteiger partial charge >= 0.3 is 0 Å². The van der Waals surface area contributed by atoms with Gasteiger partial charge in [-0.2, -0.15) is 0 Å². The molecule has 0 aromatic heterocycles. The molecule has 1 nitrogen and oxygen atoms in total. The Morgan fingerprint density at radius 3 is 2.47 bits per heavy atom. The fraction of sp³-hybridized carbons (Fsp3) is 0.200. The zero-order valence-electron chi connectivity index (χ0n) is 10.5. The summed E-state index contributed by atoms with van der Waals surface area (Å²) in [6, 6.07) is 10.9. The van der Waals surface area contributed by atoms with Gasteiger partial charge in [0.15, 0.2) is 0 Å². The summed E-state index contributed by atoms with van der Waals surface area (Å²) in [5, 5.41) is 0. The molecule has 0 heterocycles. The van der Waals surface area contributed by atoms with Crippen LogP contribution in [0, 0.1) is 11.6 Å². The van der Waals surface area contributed by atoms with Crippen LogP contribution in [0.2, 0.25) is 0 Å². The van der Waals surface area contributed by atoms with Gasteiger partial charge in [-0.15, -0.1) is 0 Å². The lowest BCUT2D eigenvalue weighted by Crippen LogP contribution is -2.36. The molecular weight excluding hydrogens is 312 g/mol. The summed E-state index contributed by atoms with van der Waals surface area (Å²) < 4.78 is 27.5. The van der Waals surface area contributed by atoms with Gasteiger partial charge in [-0.25, -0.2) is 8.78 Å². The number of halogens is 3. The van der Waals surface area contributed by atoms with E-state index in [-0.39, 0.29) is 11.6 Å². The maximum Gasteiger partial charge on any atom is 0.128 e. The molecule has 0 aliphatic heterocycles. The Labute approximate surface area is 119 Å². The second kappa shape index (κ2) is 5.39. The van der Waals surface area contributed by atoms with E-state index in [1.54, 1.807) is 31.2 Å². The van der Waals surface area contributed by atoms with E-state index in [0.29, 0.717) is 16.5 Å². The molecule has 1 unspecified atom stereocenters. The maximum atomic E-state index is 13.8. The van der Waals surface area contributed by atoms with E-state index in [1.807, 2.05) is 0 Å². The molecule has 2 N–H and O–H groups in total. The Morgan fingerprint density at radius 2 is 1.84 bits per heavy atom. The highest BCUT2D eigenvalue weighted by atomic mass is 79.9. The van der Waals surface area contributed by atoms with Gasteiger partial charge in [0.1, 0.15) is 11.6 Å². The van der Waals surface area contributed by atoms with Gasteiger partial charge in [-0.3, -0.25) is 0 Å². The van der Waals surface area contributed by atoms with Crippen LogP contribution >= 0.6 is 15.9 Å². The summed E-state index contributed by atoms with van der Waals surface area (Å²) in [5.74, 6) is -0.647. The Hall–Kier alpha value is -1.26. The highest BCUT2D eigenvalue weighted by Gasteiger charge is 2.25. The zero-order valence-corrected chi connectivity index (χ0v) is 12.0. The first-order valence-electron chi connectivity index (χ1n) is 5.88. The van der Waals surface area contributed by atoms with Gasteiger partial charge in [0.05, 0.1) is 0 Å². The Kier molecular flexibility index (Phi) is 4.02. The predicted molar refractivity (Wildman–Crippen MR) is 75.7 cm³/mol. The lowest BCUT2D eigenvalue weighted by atomic mass is 9.86. The van der Waals surface area contributed by atoms with Gasteiger partial charge < -0.3 is 5.73 Å². The van der Waals surface area contributed by atoms with E-state index in [1.165, 1.54) is 18.2 Å². The van der Waals surface area contributed by atoms with Crippen LogP contribution < -0.4 is 5.73 Å². The molecule has 0 amide bonds. The van der Waals surface area contributed by atoms with Crippen molar-refractivity contribution in [1.82, 2.24) is 0 Å². The second-order valence-corrected chi connectivity index (χ2v) is 5.66. The normalized spacial score (nSPS) is 14.2. The summed E-state index contributed by atoms with van der Waals surface area (Å²) in [5.41, 5.74) is 6.66. The number of hydrogen-bond donors (Lipinski definition) is 1. The van der Waals surface area contributed by atoms with Crippen LogP contribution in [0.15, 0.2) is 46.9 Å². The Bertz CT molecular complexity index is 596. The summed E-state index contributed by atoms with van der Waals surface area (Å²) >= 11 is 3.30. The first kappa shape index (κ1) is 14.2. The molecule has 0 aliphatic carbocycles. The first-order chi connectivity index (χ1) is 8.90. The predicted octanol–water partition coefficient (Wildman–Crippen LogP) is 4.14. The van der Waals surface area contributed by atoms with Crippen molar-refractivity contribution < 1.29 is 8.78 Å². The van der Waals surface area contributed by atoms with Crippen LogP contribution in [0.4, 0.5) is 8.78 Å². The van der Waals surface area contributed by atoms with Gasteiger partial charge in [0.2, 0.25) is 0 Å². The van der Waals surface area contributed by atoms with E-state index in [4.69, 9.17) is 5.73 Å². The van der Waals surface area contributed by atoms with Crippen molar-refractivity contribution in [3.05, 3.63) is 69.7 Å². The minimum atomic E-state index is -0.855. The SMILES string of the molecule is CC(N)(Cc1ccc(F)cc1Br)c1ccccc1F. The average Bonchev–Trinajstić information content (AvgIpc) is 2.33.